The lowest BCUT2D eigenvalue weighted by Gasteiger charge is -2.44. The van der Waals surface area contributed by atoms with Crippen molar-refractivity contribution in [1.82, 2.24) is 5.32 Å². The Labute approximate surface area is 88.1 Å². The number of aliphatic hydroxyl groups excluding tert-OH is 4. The quantitative estimate of drug-likeness (QED) is 0.296. The SMILES string of the molecule is Cl.NCC1(CO)NCC(O)C(O)C1O. The average Bonchev–Trinajstić information content (AvgIpc) is 2.16. The maximum Gasteiger partial charge on any atom is 0.109 e. The van der Waals surface area contributed by atoms with Gasteiger partial charge in [-0.2, -0.15) is 0 Å². The van der Waals surface area contributed by atoms with Crippen LogP contribution in [0.5, 0.6) is 0 Å². The maximum absolute atomic E-state index is 9.55. The second kappa shape index (κ2) is 5.22. The van der Waals surface area contributed by atoms with Crippen LogP contribution in [0, 0.1) is 0 Å². The summed E-state index contributed by atoms with van der Waals surface area (Å²) < 4.78 is 0. The van der Waals surface area contributed by atoms with E-state index in [4.69, 9.17) is 10.8 Å². The zero-order chi connectivity index (χ0) is 10.1. The molecule has 0 saturated carbocycles. The minimum Gasteiger partial charge on any atom is -0.394 e. The van der Waals surface area contributed by atoms with Gasteiger partial charge in [0.15, 0.2) is 0 Å². The summed E-state index contributed by atoms with van der Waals surface area (Å²) >= 11 is 0. The number of aliphatic hydroxyl groups is 4. The monoisotopic (exact) mass is 228 g/mol. The molecule has 4 atom stereocenters. The lowest BCUT2D eigenvalue weighted by Crippen LogP contribution is -2.72. The number of hydrogen-bond acceptors (Lipinski definition) is 6. The molecule has 7 N–H and O–H groups in total. The van der Waals surface area contributed by atoms with Crippen molar-refractivity contribution < 1.29 is 20.4 Å². The van der Waals surface area contributed by atoms with Crippen LogP contribution in [-0.4, -0.2) is 64.0 Å². The van der Waals surface area contributed by atoms with Crippen molar-refractivity contribution in [3.63, 3.8) is 0 Å². The molecule has 86 valence electrons. The van der Waals surface area contributed by atoms with E-state index in [0.29, 0.717) is 0 Å². The third-order valence-corrected chi connectivity index (χ3v) is 2.59. The van der Waals surface area contributed by atoms with Crippen molar-refractivity contribution >= 4 is 12.4 Å². The van der Waals surface area contributed by atoms with Crippen LogP contribution in [-0.2, 0) is 0 Å². The number of nitrogens with two attached hydrogens (primary N) is 1. The molecule has 0 spiro atoms. The fourth-order valence-corrected chi connectivity index (χ4v) is 1.48. The van der Waals surface area contributed by atoms with E-state index in [1.54, 1.807) is 0 Å². The number of rotatable bonds is 2. The van der Waals surface area contributed by atoms with Gasteiger partial charge < -0.3 is 31.5 Å². The van der Waals surface area contributed by atoms with Gasteiger partial charge in [0.1, 0.15) is 12.2 Å². The minimum absolute atomic E-state index is 0. The van der Waals surface area contributed by atoms with E-state index < -0.39 is 23.9 Å². The Bertz CT molecular complexity index is 179. The van der Waals surface area contributed by atoms with Crippen molar-refractivity contribution in [2.24, 2.45) is 5.73 Å². The van der Waals surface area contributed by atoms with E-state index >= 15 is 0 Å². The van der Waals surface area contributed by atoms with Gasteiger partial charge in [-0.3, -0.25) is 0 Å². The lowest BCUT2D eigenvalue weighted by atomic mass is 9.83. The van der Waals surface area contributed by atoms with E-state index in [1.165, 1.54) is 0 Å². The summed E-state index contributed by atoms with van der Waals surface area (Å²) in [6.45, 7) is -0.279. The van der Waals surface area contributed by atoms with Crippen LogP contribution in [0.25, 0.3) is 0 Å². The molecule has 1 fully saturated rings. The van der Waals surface area contributed by atoms with Crippen LogP contribution in [0.1, 0.15) is 0 Å². The molecule has 1 saturated heterocycles. The summed E-state index contributed by atoms with van der Waals surface area (Å²) in [5.41, 5.74) is 4.27. The summed E-state index contributed by atoms with van der Waals surface area (Å²) in [7, 11) is 0. The Morgan fingerprint density at radius 2 is 1.93 bits per heavy atom. The Hall–Kier alpha value is 0.0500. The van der Waals surface area contributed by atoms with Gasteiger partial charge in [0, 0.05) is 13.1 Å². The van der Waals surface area contributed by atoms with Gasteiger partial charge in [-0.15, -0.1) is 12.4 Å². The molecule has 7 heteroatoms. The van der Waals surface area contributed by atoms with Gasteiger partial charge in [-0.1, -0.05) is 0 Å². The van der Waals surface area contributed by atoms with Crippen molar-refractivity contribution in [3.05, 3.63) is 0 Å². The molecule has 1 heterocycles. The molecular weight excluding hydrogens is 212 g/mol. The van der Waals surface area contributed by atoms with Gasteiger partial charge in [0.25, 0.3) is 0 Å². The van der Waals surface area contributed by atoms with E-state index in [1.807, 2.05) is 0 Å². The predicted octanol–water partition coefficient (Wildman–Crippen LogP) is -3.22. The Kier molecular flexibility index (Phi) is 5.24. The second-order valence-electron chi connectivity index (χ2n) is 3.40. The highest BCUT2D eigenvalue weighted by Crippen LogP contribution is 2.19. The molecule has 0 amide bonds. The Balaban J connectivity index is 0.00000169. The molecule has 0 bridgehead atoms. The summed E-state index contributed by atoms with van der Waals surface area (Å²) in [5.74, 6) is 0. The fourth-order valence-electron chi connectivity index (χ4n) is 1.48. The van der Waals surface area contributed by atoms with E-state index in [0.717, 1.165) is 0 Å². The van der Waals surface area contributed by atoms with E-state index in [9.17, 15) is 15.3 Å². The number of β-amino-alcohol motifs (C(OH)–C–C–N with tert-alkyl or cyclic N) is 1. The summed E-state index contributed by atoms with van der Waals surface area (Å²) in [6.07, 6.45) is -3.55. The number of halogens is 1. The van der Waals surface area contributed by atoms with Crippen molar-refractivity contribution in [2.45, 2.75) is 23.9 Å². The standard InChI is InChI=1S/C7H16N2O4.ClH/c8-2-7(3-10)6(13)5(12)4(11)1-9-7;/h4-6,9-13H,1-3,8H2;1H. The molecule has 0 radical (unpaired) electrons. The molecule has 1 aliphatic rings. The normalized spacial score (nSPS) is 43.1. The highest BCUT2D eigenvalue weighted by atomic mass is 35.5. The van der Waals surface area contributed by atoms with Gasteiger partial charge >= 0.3 is 0 Å². The summed E-state index contributed by atoms with van der Waals surface area (Å²) in [4.78, 5) is 0. The van der Waals surface area contributed by atoms with Crippen molar-refractivity contribution in [3.8, 4) is 0 Å². The first kappa shape index (κ1) is 14.1. The molecule has 1 rings (SSSR count). The number of piperidine rings is 1. The Morgan fingerprint density at radius 3 is 2.36 bits per heavy atom. The number of hydrogen-bond donors (Lipinski definition) is 6. The van der Waals surface area contributed by atoms with E-state index in [-0.39, 0.29) is 32.1 Å². The molecule has 0 aromatic rings. The zero-order valence-electron chi connectivity index (χ0n) is 7.63. The molecule has 14 heavy (non-hydrogen) atoms. The molecule has 6 nitrogen and oxygen atoms in total. The smallest absolute Gasteiger partial charge is 0.109 e. The molecule has 0 aliphatic carbocycles. The highest BCUT2D eigenvalue weighted by molar-refractivity contribution is 5.85. The molecular formula is C7H17ClN2O4. The van der Waals surface area contributed by atoms with E-state index in [2.05, 4.69) is 5.32 Å². The third-order valence-electron chi connectivity index (χ3n) is 2.59. The molecule has 1 aliphatic heterocycles. The summed E-state index contributed by atoms with van der Waals surface area (Å²) in [6, 6.07) is 0. The molecule has 0 aromatic heterocycles. The first-order valence-electron chi connectivity index (χ1n) is 4.17. The summed E-state index contributed by atoms with van der Waals surface area (Å²) in [5, 5.41) is 39.8. The van der Waals surface area contributed by atoms with Crippen LogP contribution in [0.3, 0.4) is 0 Å². The second-order valence-corrected chi connectivity index (χ2v) is 3.40. The van der Waals surface area contributed by atoms with Crippen LogP contribution < -0.4 is 11.1 Å². The fraction of sp³-hybridized carbons (Fsp3) is 1.00. The van der Waals surface area contributed by atoms with Gasteiger partial charge in [0.2, 0.25) is 0 Å². The third kappa shape index (κ3) is 2.17. The number of nitrogens with one attached hydrogen (secondary N) is 1. The van der Waals surface area contributed by atoms with Gasteiger partial charge in [0.05, 0.1) is 18.2 Å². The maximum atomic E-state index is 9.55. The van der Waals surface area contributed by atoms with Crippen LogP contribution >= 0.6 is 12.4 Å². The largest absolute Gasteiger partial charge is 0.394 e. The lowest BCUT2D eigenvalue weighted by molar-refractivity contribution is -0.130. The topological polar surface area (TPSA) is 119 Å². The van der Waals surface area contributed by atoms with Crippen LogP contribution in [0.15, 0.2) is 0 Å². The minimum atomic E-state index is -1.27. The molecule has 0 aromatic carbocycles. The van der Waals surface area contributed by atoms with Crippen LogP contribution in [0.4, 0.5) is 0 Å². The van der Waals surface area contributed by atoms with Gasteiger partial charge in [-0.05, 0) is 0 Å². The average molecular weight is 229 g/mol. The van der Waals surface area contributed by atoms with Crippen LogP contribution in [0.2, 0.25) is 0 Å². The first-order chi connectivity index (χ1) is 6.07. The first-order valence-corrected chi connectivity index (χ1v) is 4.17. The zero-order valence-corrected chi connectivity index (χ0v) is 8.44. The predicted molar refractivity (Wildman–Crippen MR) is 52.1 cm³/mol. The Morgan fingerprint density at radius 1 is 1.36 bits per heavy atom. The van der Waals surface area contributed by atoms with Crippen molar-refractivity contribution in [1.29, 1.82) is 0 Å². The van der Waals surface area contributed by atoms with Crippen molar-refractivity contribution in [2.75, 3.05) is 19.7 Å². The van der Waals surface area contributed by atoms with Gasteiger partial charge in [-0.25, -0.2) is 0 Å². The highest BCUT2D eigenvalue weighted by Gasteiger charge is 2.46. The molecule has 4 unspecified atom stereocenters.